The molecule has 7 nitrogen and oxygen atoms in total. The van der Waals surface area contributed by atoms with Crippen LogP contribution in [0.3, 0.4) is 0 Å². The Kier molecular flexibility index (Phi) is 34.1. The maximum Gasteiger partial charge on any atom is 0.707 e. The van der Waals surface area contributed by atoms with Crippen LogP contribution in [0, 0.1) is 29.1 Å². The molecular formula is C58H80BF5O7P2. The molecule has 0 radical (unpaired) electrons. The summed E-state index contributed by atoms with van der Waals surface area (Å²) in [5, 5.41) is 41.9. The van der Waals surface area contributed by atoms with Crippen LogP contribution in [-0.2, 0) is 0 Å². The number of aliphatic hydroxyl groups excluding tert-OH is 2. The normalized spacial score (nSPS) is 12.0. The van der Waals surface area contributed by atoms with Crippen LogP contribution in [0.4, 0.5) is 22.0 Å². The highest BCUT2D eigenvalue weighted by molar-refractivity contribution is 7.55. The van der Waals surface area contributed by atoms with E-state index in [1.807, 2.05) is 36.4 Å². The highest BCUT2D eigenvalue weighted by atomic mass is 31.1. The predicted molar refractivity (Wildman–Crippen MR) is 294 cm³/mol. The molecule has 73 heavy (non-hydrogen) atoms. The van der Waals surface area contributed by atoms with Crippen molar-refractivity contribution >= 4 is 45.7 Å². The molecule has 402 valence electrons. The summed E-state index contributed by atoms with van der Waals surface area (Å²) in [6, 6.07) is 37.6. The van der Waals surface area contributed by atoms with Gasteiger partial charge in [-0.05, 0) is 58.3 Å². The molecule has 0 amide bonds. The molecule has 0 spiro atoms. The number of hydrogen-bond acceptors (Lipinski definition) is 7. The number of hydrogen-bond donors (Lipinski definition) is 4. The number of rotatable bonds is 34. The van der Waals surface area contributed by atoms with Crippen LogP contribution in [0.15, 0.2) is 109 Å². The highest BCUT2D eigenvalue weighted by Gasteiger charge is 2.29. The van der Waals surface area contributed by atoms with Crippen molar-refractivity contribution in [2.24, 2.45) is 0 Å². The monoisotopic (exact) mass is 1060 g/mol. The zero-order chi connectivity index (χ0) is 52.9. The van der Waals surface area contributed by atoms with E-state index in [0.717, 1.165) is 37.2 Å². The van der Waals surface area contributed by atoms with Gasteiger partial charge < -0.3 is 34.4 Å². The maximum absolute atomic E-state index is 12.7. The number of aliphatic hydroxyl groups is 2. The fourth-order valence-corrected chi connectivity index (χ4v) is 9.78. The molecule has 0 aliphatic heterocycles. The van der Waals surface area contributed by atoms with E-state index in [9.17, 15) is 32.2 Å². The summed E-state index contributed by atoms with van der Waals surface area (Å²) in [6.07, 6.45) is 27.4. The lowest BCUT2D eigenvalue weighted by molar-refractivity contribution is 0.0974. The van der Waals surface area contributed by atoms with Crippen molar-refractivity contribution in [3.63, 3.8) is 0 Å². The van der Waals surface area contributed by atoms with Crippen LogP contribution in [-0.4, -0.2) is 53.0 Å². The predicted octanol–water partition coefficient (Wildman–Crippen LogP) is 13.5. The van der Waals surface area contributed by atoms with Crippen LogP contribution in [0.5, 0.6) is 17.2 Å². The maximum atomic E-state index is 12.7. The second-order valence-corrected chi connectivity index (χ2v) is 21.1. The van der Waals surface area contributed by atoms with Crippen LogP contribution in [0.1, 0.15) is 155 Å². The van der Waals surface area contributed by atoms with Gasteiger partial charge >= 0.3 is 7.32 Å². The number of unbranched alkanes of at least 4 members (excludes halogenated alkanes) is 18. The van der Waals surface area contributed by atoms with Gasteiger partial charge in [0.05, 0.1) is 12.2 Å². The van der Waals surface area contributed by atoms with Crippen molar-refractivity contribution in [3.8, 4) is 17.2 Å². The molecule has 0 aliphatic carbocycles. The summed E-state index contributed by atoms with van der Waals surface area (Å²) in [7, 11) is -1.37. The lowest BCUT2D eigenvalue weighted by Crippen LogP contribution is -2.23. The molecule has 0 fully saturated rings. The summed E-state index contributed by atoms with van der Waals surface area (Å²) >= 11 is 0. The average Bonchev–Trinajstić information content (AvgIpc) is 3.40. The zero-order valence-corrected chi connectivity index (χ0v) is 45.0. The summed E-state index contributed by atoms with van der Waals surface area (Å²) in [5.74, 6) is -11.4. The van der Waals surface area contributed by atoms with E-state index in [0.29, 0.717) is 30.4 Å². The Morgan fingerprint density at radius 2 is 0.685 bits per heavy atom. The van der Waals surface area contributed by atoms with Gasteiger partial charge in [-0.3, -0.25) is 0 Å². The largest absolute Gasteiger partial charge is 0.707 e. The molecule has 5 rings (SSSR count). The van der Waals surface area contributed by atoms with Gasteiger partial charge in [0.1, 0.15) is 24.7 Å². The van der Waals surface area contributed by atoms with Gasteiger partial charge in [0.25, 0.3) is 0 Å². The Hall–Kier alpha value is -4.09. The van der Waals surface area contributed by atoms with Crippen molar-refractivity contribution in [2.75, 3.05) is 13.2 Å². The first kappa shape index (κ1) is 63.2. The van der Waals surface area contributed by atoms with Crippen molar-refractivity contribution in [1.82, 2.24) is 0 Å². The Morgan fingerprint density at radius 3 is 1.00 bits per heavy atom. The third kappa shape index (κ3) is 28.4. The van der Waals surface area contributed by atoms with E-state index < -0.39 is 42.2 Å². The van der Waals surface area contributed by atoms with E-state index in [2.05, 4.69) is 91.3 Å². The molecular weight excluding hydrogens is 976 g/mol. The minimum absolute atomic E-state index is 0.366. The van der Waals surface area contributed by atoms with E-state index in [1.165, 1.54) is 137 Å². The molecule has 5 aromatic rings. The summed E-state index contributed by atoms with van der Waals surface area (Å²) in [5.41, 5.74) is 0. The van der Waals surface area contributed by atoms with Crippen LogP contribution in [0.2, 0.25) is 0 Å². The number of ether oxygens (including phenoxy) is 2. The molecule has 5 aromatic carbocycles. The van der Waals surface area contributed by atoms with Crippen LogP contribution >= 0.6 is 17.2 Å². The van der Waals surface area contributed by atoms with Gasteiger partial charge in [-0.25, -0.2) is 13.2 Å². The van der Waals surface area contributed by atoms with Gasteiger partial charge in [-0.2, -0.15) is 8.78 Å². The third-order valence-corrected chi connectivity index (χ3v) is 14.4. The van der Waals surface area contributed by atoms with Gasteiger partial charge in [0, 0.05) is 0 Å². The smallest absolute Gasteiger partial charge is 0.507 e. The summed E-state index contributed by atoms with van der Waals surface area (Å²) in [6.45, 7) is 5.31. The van der Waals surface area contributed by atoms with Crippen molar-refractivity contribution in [3.05, 3.63) is 138 Å². The molecule has 4 unspecified atom stereocenters. The second kappa shape index (κ2) is 39.3. The molecule has 0 saturated heterocycles. The molecule has 0 saturated carbocycles. The molecule has 4 atom stereocenters. The quantitative estimate of drug-likeness (QED) is 0.00812. The first-order chi connectivity index (χ1) is 35.4. The molecule has 0 heterocycles. The molecule has 0 aliphatic rings. The number of halogens is 5. The Labute approximate surface area is 436 Å². The molecule has 15 heteroatoms. The fraction of sp³-hybridized carbons (Fsp3) is 0.483. The lowest BCUT2D eigenvalue weighted by atomic mass is 10.0. The molecule has 0 aromatic heterocycles. The van der Waals surface area contributed by atoms with Crippen molar-refractivity contribution in [1.29, 1.82) is 0 Å². The number of benzene rings is 5. The first-order valence-electron chi connectivity index (χ1n) is 26.4. The van der Waals surface area contributed by atoms with Gasteiger partial charge in [-0.15, -0.1) is 0 Å². The van der Waals surface area contributed by atoms with Gasteiger partial charge in [0.2, 0.25) is 29.1 Å². The standard InChI is InChI=1S/2C26H39O2P.C6H2BF5O3/c2*1-2-3-4-5-6-7-8-9-10-12-15-23(27)22-28-24-18-20-26(21-19-24)29-25-16-13-11-14-17-25;8-1-2(9)4(11)6(15-7(13)14)5(12)3(1)10/h2*11,13-14,16-21,23,27,29H,2-10,12,15,22H2,1H3;13-14H. The first-order valence-corrected chi connectivity index (χ1v) is 28.4. The minimum Gasteiger partial charge on any atom is -0.507 e. The Morgan fingerprint density at radius 1 is 0.397 bits per heavy atom. The fourth-order valence-electron chi connectivity index (χ4n) is 7.73. The lowest BCUT2D eigenvalue weighted by Gasteiger charge is -2.13. The zero-order valence-electron chi connectivity index (χ0n) is 43.0. The SMILES string of the molecule is CCCCCCCCCCCCC(O)COc1ccc(Pc2ccccc2)cc1.CCCCCCCCCCCCC(O)COc1ccc(Pc2ccccc2)cc1.OB(O)Oc1c(F)c(F)c(F)c(F)c1F. The van der Waals surface area contributed by atoms with Gasteiger partial charge in [-0.1, -0.05) is 244 Å². The second-order valence-electron chi connectivity index (χ2n) is 18.2. The molecule has 4 N–H and O–H groups in total. The minimum atomic E-state index is -2.70. The Balaban J connectivity index is 0.000000304. The highest BCUT2D eigenvalue weighted by Crippen LogP contribution is 2.29. The van der Waals surface area contributed by atoms with E-state index >= 15 is 0 Å². The topological polar surface area (TPSA) is 109 Å². The Bertz CT molecular complexity index is 2000. The summed E-state index contributed by atoms with van der Waals surface area (Å²) < 4.78 is 77.9. The van der Waals surface area contributed by atoms with Crippen molar-refractivity contribution < 1.29 is 56.3 Å². The van der Waals surface area contributed by atoms with Crippen LogP contribution < -0.4 is 35.3 Å². The van der Waals surface area contributed by atoms with Gasteiger partial charge in [0.15, 0.2) is 5.75 Å². The van der Waals surface area contributed by atoms with Crippen molar-refractivity contribution in [2.45, 2.75) is 167 Å². The average molecular weight is 1060 g/mol. The third-order valence-electron chi connectivity index (χ3n) is 11.9. The van der Waals surface area contributed by atoms with E-state index in [1.54, 1.807) is 0 Å². The van der Waals surface area contributed by atoms with Crippen LogP contribution in [0.25, 0.3) is 0 Å². The van der Waals surface area contributed by atoms with E-state index in [4.69, 9.17) is 19.5 Å². The molecule has 0 bridgehead atoms. The van der Waals surface area contributed by atoms with E-state index in [-0.39, 0.29) is 12.2 Å². The summed E-state index contributed by atoms with van der Waals surface area (Å²) in [4.78, 5) is 0.